The average molecular weight is 246 g/mol. The van der Waals surface area contributed by atoms with Crippen LogP contribution in [0.3, 0.4) is 0 Å². The van der Waals surface area contributed by atoms with Crippen LogP contribution < -0.4 is 10.2 Å². The average Bonchev–Trinajstić information content (AvgIpc) is 2.94. The van der Waals surface area contributed by atoms with Gasteiger partial charge in [0.1, 0.15) is 0 Å². The second kappa shape index (κ2) is 4.37. The van der Waals surface area contributed by atoms with Crippen molar-refractivity contribution >= 4 is 11.6 Å². The van der Waals surface area contributed by atoms with Crippen LogP contribution in [0.1, 0.15) is 24.8 Å². The van der Waals surface area contributed by atoms with Crippen LogP contribution in [0.4, 0.5) is 5.69 Å². The molecular weight excluding hydrogens is 228 g/mol. The molecule has 2 aliphatic heterocycles. The number of hydrogen-bond donors (Lipinski definition) is 2. The number of hydrogen-bond acceptors (Lipinski definition) is 3. The summed E-state index contributed by atoms with van der Waals surface area (Å²) >= 11 is 0. The van der Waals surface area contributed by atoms with E-state index in [1.807, 2.05) is 23.1 Å². The van der Waals surface area contributed by atoms with Crippen LogP contribution in [0.15, 0.2) is 24.3 Å². The van der Waals surface area contributed by atoms with Gasteiger partial charge in [0.25, 0.3) is 0 Å². The lowest BCUT2D eigenvalue weighted by Crippen LogP contribution is -2.43. The predicted molar refractivity (Wildman–Crippen MR) is 69.6 cm³/mol. The van der Waals surface area contributed by atoms with Gasteiger partial charge in [-0.1, -0.05) is 25.1 Å². The maximum absolute atomic E-state index is 12.5. The van der Waals surface area contributed by atoms with E-state index in [2.05, 4.69) is 18.3 Å². The molecule has 1 aromatic rings. The van der Waals surface area contributed by atoms with Gasteiger partial charge in [0.15, 0.2) is 0 Å². The Balaban J connectivity index is 1.84. The number of carbonyl (C=O) groups is 1. The van der Waals surface area contributed by atoms with Crippen molar-refractivity contribution < 1.29 is 9.90 Å². The Bertz CT molecular complexity index is 475. The molecule has 2 N–H and O–H groups in total. The van der Waals surface area contributed by atoms with Gasteiger partial charge in [0, 0.05) is 24.7 Å². The van der Waals surface area contributed by atoms with E-state index in [1.54, 1.807) is 0 Å². The zero-order chi connectivity index (χ0) is 12.7. The fourth-order valence-electron chi connectivity index (χ4n) is 2.92. The van der Waals surface area contributed by atoms with E-state index < -0.39 is 6.10 Å². The minimum absolute atomic E-state index is 0.0864. The summed E-state index contributed by atoms with van der Waals surface area (Å²) in [5.74, 6) is 0.472. The third-order valence-electron chi connectivity index (χ3n) is 3.89. The quantitative estimate of drug-likeness (QED) is 0.772. The summed E-state index contributed by atoms with van der Waals surface area (Å²) in [6.07, 6.45) is 0.125. The summed E-state index contributed by atoms with van der Waals surface area (Å²) in [6.45, 7) is 3.40. The van der Waals surface area contributed by atoms with Crippen molar-refractivity contribution in [2.45, 2.75) is 31.4 Å². The molecule has 1 aromatic carbocycles. The number of nitrogens with zero attached hydrogens (tertiary/aromatic N) is 1. The topological polar surface area (TPSA) is 52.6 Å². The molecule has 0 aromatic heterocycles. The van der Waals surface area contributed by atoms with Crippen LogP contribution in [0.5, 0.6) is 0 Å². The summed E-state index contributed by atoms with van der Waals surface area (Å²) in [5, 5.41) is 12.6. The zero-order valence-corrected chi connectivity index (χ0v) is 10.5. The first-order chi connectivity index (χ1) is 8.66. The van der Waals surface area contributed by atoms with Gasteiger partial charge in [-0.15, -0.1) is 0 Å². The van der Waals surface area contributed by atoms with Gasteiger partial charge in [0.2, 0.25) is 5.91 Å². The van der Waals surface area contributed by atoms with Gasteiger partial charge in [-0.05, 0) is 18.1 Å². The smallest absolute Gasteiger partial charge is 0.244 e. The molecule has 0 saturated carbocycles. The normalized spacial score (nSPS) is 30.6. The van der Waals surface area contributed by atoms with Crippen molar-refractivity contribution in [2.24, 2.45) is 0 Å². The van der Waals surface area contributed by atoms with Gasteiger partial charge < -0.3 is 15.3 Å². The lowest BCUT2D eigenvalue weighted by Gasteiger charge is -2.21. The van der Waals surface area contributed by atoms with E-state index >= 15 is 0 Å². The van der Waals surface area contributed by atoms with E-state index in [-0.39, 0.29) is 11.9 Å². The second-order valence-corrected chi connectivity index (χ2v) is 5.26. The van der Waals surface area contributed by atoms with E-state index in [4.69, 9.17) is 0 Å². The number of carbonyl (C=O) groups excluding carboxylic acids is 1. The number of amides is 1. The Morgan fingerprint density at radius 2 is 2.22 bits per heavy atom. The maximum Gasteiger partial charge on any atom is 0.244 e. The molecule has 0 bridgehead atoms. The number of β-amino-alcohol motifs (C(OH)–C–C–N with tert-alkyl or cyclic N) is 1. The SMILES string of the molecule is C[C@@H]1CN(C(=O)[C@H]2C[C@H](O)CN2)c2ccccc21. The van der Waals surface area contributed by atoms with Gasteiger partial charge in [-0.25, -0.2) is 0 Å². The highest BCUT2D eigenvalue weighted by Crippen LogP contribution is 2.36. The molecule has 3 atom stereocenters. The van der Waals surface area contributed by atoms with E-state index in [9.17, 15) is 9.90 Å². The van der Waals surface area contributed by atoms with Crippen LogP contribution in [0.2, 0.25) is 0 Å². The van der Waals surface area contributed by atoms with Gasteiger partial charge in [0.05, 0.1) is 12.1 Å². The van der Waals surface area contributed by atoms with E-state index in [0.29, 0.717) is 18.9 Å². The fourth-order valence-corrected chi connectivity index (χ4v) is 2.92. The summed E-state index contributed by atoms with van der Waals surface area (Å²) in [4.78, 5) is 14.3. The molecule has 0 radical (unpaired) electrons. The first-order valence-corrected chi connectivity index (χ1v) is 6.48. The Kier molecular flexibility index (Phi) is 2.84. The third-order valence-corrected chi connectivity index (χ3v) is 3.89. The highest BCUT2D eigenvalue weighted by Gasteiger charge is 2.36. The molecule has 1 fully saturated rings. The molecule has 0 spiro atoms. The number of benzene rings is 1. The largest absolute Gasteiger partial charge is 0.392 e. The Morgan fingerprint density at radius 1 is 1.44 bits per heavy atom. The van der Waals surface area contributed by atoms with E-state index in [1.165, 1.54) is 5.56 Å². The third kappa shape index (κ3) is 1.82. The molecule has 0 unspecified atom stereocenters. The number of rotatable bonds is 1. The van der Waals surface area contributed by atoms with E-state index in [0.717, 1.165) is 12.2 Å². The lowest BCUT2D eigenvalue weighted by atomic mass is 10.0. The van der Waals surface area contributed by atoms with Crippen molar-refractivity contribution in [3.05, 3.63) is 29.8 Å². The van der Waals surface area contributed by atoms with Crippen LogP contribution in [-0.4, -0.2) is 36.2 Å². The molecule has 18 heavy (non-hydrogen) atoms. The Labute approximate surface area is 107 Å². The second-order valence-electron chi connectivity index (χ2n) is 5.26. The van der Waals surface area contributed by atoms with Crippen LogP contribution in [0.25, 0.3) is 0 Å². The van der Waals surface area contributed by atoms with Crippen LogP contribution in [0, 0.1) is 0 Å². The number of anilines is 1. The fraction of sp³-hybridized carbons (Fsp3) is 0.500. The summed E-state index contributed by atoms with van der Waals surface area (Å²) in [5.41, 5.74) is 2.27. The molecule has 1 amide bonds. The minimum Gasteiger partial charge on any atom is -0.392 e. The Morgan fingerprint density at radius 3 is 2.94 bits per heavy atom. The number of aliphatic hydroxyl groups is 1. The summed E-state index contributed by atoms with van der Waals surface area (Å²) in [7, 11) is 0. The minimum atomic E-state index is -0.394. The lowest BCUT2D eigenvalue weighted by molar-refractivity contribution is -0.120. The van der Waals surface area contributed by atoms with Crippen molar-refractivity contribution in [1.29, 1.82) is 0 Å². The van der Waals surface area contributed by atoms with Gasteiger partial charge in [-0.2, -0.15) is 0 Å². The van der Waals surface area contributed by atoms with Crippen LogP contribution in [-0.2, 0) is 4.79 Å². The number of aliphatic hydroxyl groups excluding tert-OH is 1. The molecule has 4 nitrogen and oxygen atoms in total. The summed E-state index contributed by atoms with van der Waals surface area (Å²) < 4.78 is 0. The molecule has 3 rings (SSSR count). The first kappa shape index (κ1) is 11.7. The molecule has 2 heterocycles. The highest BCUT2D eigenvalue weighted by atomic mass is 16.3. The zero-order valence-electron chi connectivity index (χ0n) is 10.5. The molecular formula is C14H18N2O2. The van der Waals surface area contributed by atoms with Crippen molar-refractivity contribution in [2.75, 3.05) is 18.0 Å². The van der Waals surface area contributed by atoms with Crippen molar-refractivity contribution in [3.8, 4) is 0 Å². The number of nitrogens with one attached hydrogen (secondary N) is 1. The monoisotopic (exact) mass is 246 g/mol. The standard InChI is InChI=1S/C14H18N2O2/c1-9-8-16(13-5-3-2-4-11(9)13)14(18)12-6-10(17)7-15-12/h2-5,9-10,12,15,17H,6-8H2,1H3/t9-,10+,12-/m1/s1. The Hall–Kier alpha value is -1.39. The van der Waals surface area contributed by atoms with Crippen molar-refractivity contribution in [3.63, 3.8) is 0 Å². The molecule has 2 aliphatic rings. The van der Waals surface area contributed by atoms with Crippen molar-refractivity contribution in [1.82, 2.24) is 5.32 Å². The molecule has 1 saturated heterocycles. The molecule has 0 aliphatic carbocycles. The van der Waals surface area contributed by atoms with Crippen LogP contribution >= 0.6 is 0 Å². The summed E-state index contributed by atoms with van der Waals surface area (Å²) in [6, 6.07) is 7.83. The predicted octanol–water partition coefficient (Wildman–Crippen LogP) is 0.859. The van der Waals surface area contributed by atoms with Gasteiger partial charge in [-0.3, -0.25) is 4.79 Å². The number of para-hydroxylation sites is 1. The first-order valence-electron chi connectivity index (χ1n) is 6.48. The molecule has 96 valence electrons. The number of fused-ring (bicyclic) bond motifs is 1. The molecule has 4 heteroatoms. The highest BCUT2D eigenvalue weighted by molar-refractivity contribution is 5.99. The maximum atomic E-state index is 12.5. The van der Waals surface area contributed by atoms with Gasteiger partial charge >= 0.3 is 0 Å².